The highest BCUT2D eigenvalue weighted by Crippen LogP contribution is 2.27. The monoisotopic (exact) mass is 286 g/mol. The molecule has 4 rings (SSSR count). The predicted octanol–water partition coefficient (Wildman–Crippen LogP) is 2.69. The molecule has 3 aromatic rings. The fraction of sp³-hybridized carbons (Fsp3) is 0.200. The Kier molecular flexibility index (Phi) is 3.42. The fourth-order valence-electron chi connectivity index (χ4n) is 2.73. The highest BCUT2D eigenvalue weighted by molar-refractivity contribution is 5.90. The van der Waals surface area contributed by atoms with Crippen LogP contribution in [0, 0.1) is 0 Å². The Labute approximate surface area is 123 Å². The zero-order valence-corrected chi connectivity index (χ0v) is 11.7. The first-order valence-electron chi connectivity index (χ1n) is 6.53. The summed E-state index contributed by atoms with van der Waals surface area (Å²) < 4.78 is 0. The van der Waals surface area contributed by atoms with E-state index < -0.39 is 0 Å². The van der Waals surface area contributed by atoms with E-state index in [0.717, 1.165) is 36.2 Å². The number of aromatic amines is 1. The summed E-state index contributed by atoms with van der Waals surface area (Å²) in [6, 6.07) is 8.66. The molecule has 0 radical (unpaired) electrons. The summed E-state index contributed by atoms with van der Waals surface area (Å²) in [5.41, 5.74) is 5.90. The SMILES string of the molecule is Cl.c1nc(-c2ccc3c(c2)CCNC3)c2cc[nH]c2n1. The third-order valence-corrected chi connectivity index (χ3v) is 3.72. The first kappa shape index (κ1) is 13.1. The molecule has 102 valence electrons. The van der Waals surface area contributed by atoms with Gasteiger partial charge in [0.05, 0.1) is 5.69 Å². The summed E-state index contributed by atoms with van der Waals surface area (Å²) in [4.78, 5) is 11.8. The van der Waals surface area contributed by atoms with Crippen LogP contribution in [0.1, 0.15) is 11.1 Å². The Balaban J connectivity index is 0.00000121. The molecule has 3 heterocycles. The maximum atomic E-state index is 4.45. The average Bonchev–Trinajstić information content (AvgIpc) is 2.95. The molecule has 1 aromatic carbocycles. The minimum absolute atomic E-state index is 0. The van der Waals surface area contributed by atoms with Crippen molar-refractivity contribution < 1.29 is 0 Å². The second kappa shape index (κ2) is 5.23. The summed E-state index contributed by atoms with van der Waals surface area (Å²) in [6.45, 7) is 2.03. The molecule has 0 fully saturated rings. The number of benzene rings is 1. The van der Waals surface area contributed by atoms with Crippen molar-refractivity contribution in [3.8, 4) is 11.3 Å². The van der Waals surface area contributed by atoms with Gasteiger partial charge in [0.25, 0.3) is 0 Å². The number of rotatable bonds is 1. The second-order valence-electron chi connectivity index (χ2n) is 4.87. The molecule has 0 saturated carbocycles. The minimum atomic E-state index is 0. The molecule has 5 heteroatoms. The number of nitrogens with zero attached hydrogens (tertiary/aromatic N) is 2. The van der Waals surface area contributed by atoms with Gasteiger partial charge >= 0.3 is 0 Å². The molecule has 4 nitrogen and oxygen atoms in total. The molecule has 0 unspecified atom stereocenters. The largest absolute Gasteiger partial charge is 0.346 e. The van der Waals surface area contributed by atoms with Gasteiger partial charge in [0, 0.05) is 23.7 Å². The molecule has 0 amide bonds. The summed E-state index contributed by atoms with van der Waals surface area (Å²) in [7, 11) is 0. The lowest BCUT2D eigenvalue weighted by molar-refractivity contribution is 0.644. The maximum Gasteiger partial charge on any atom is 0.141 e. The maximum absolute atomic E-state index is 4.45. The molecule has 0 aliphatic carbocycles. The lowest BCUT2D eigenvalue weighted by Crippen LogP contribution is -2.23. The summed E-state index contributed by atoms with van der Waals surface area (Å²) in [5.74, 6) is 0. The molecule has 2 aromatic heterocycles. The highest BCUT2D eigenvalue weighted by Gasteiger charge is 2.12. The van der Waals surface area contributed by atoms with E-state index in [1.165, 1.54) is 16.7 Å². The van der Waals surface area contributed by atoms with Gasteiger partial charge in [-0.1, -0.05) is 12.1 Å². The third kappa shape index (κ3) is 2.07. The van der Waals surface area contributed by atoms with E-state index in [1.54, 1.807) is 6.33 Å². The van der Waals surface area contributed by atoms with Crippen LogP contribution in [0.25, 0.3) is 22.3 Å². The van der Waals surface area contributed by atoms with Crippen molar-refractivity contribution >= 4 is 23.4 Å². The number of nitrogens with one attached hydrogen (secondary N) is 2. The van der Waals surface area contributed by atoms with Crippen LogP contribution in [0.5, 0.6) is 0 Å². The summed E-state index contributed by atoms with van der Waals surface area (Å²) in [6.07, 6.45) is 4.62. The van der Waals surface area contributed by atoms with Gasteiger partial charge in [0.1, 0.15) is 12.0 Å². The van der Waals surface area contributed by atoms with Gasteiger partial charge in [-0.15, -0.1) is 12.4 Å². The molecule has 1 aliphatic rings. The number of hydrogen-bond donors (Lipinski definition) is 2. The Morgan fingerprint density at radius 1 is 1.05 bits per heavy atom. The van der Waals surface area contributed by atoms with Crippen molar-refractivity contribution in [3.05, 3.63) is 47.9 Å². The normalized spacial score (nSPS) is 13.8. The molecular weight excluding hydrogens is 272 g/mol. The molecule has 20 heavy (non-hydrogen) atoms. The van der Waals surface area contributed by atoms with Crippen molar-refractivity contribution in [1.29, 1.82) is 0 Å². The topological polar surface area (TPSA) is 53.6 Å². The van der Waals surface area contributed by atoms with E-state index in [9.17, 15) is 0 Å². The number of hydrogen-bond acceptors (Lipinski definition) is 3. The quantitative estimate of drug-likeness (QED) is 0.723. The Morgan fingerprint density at radius 3 is 2.95 bits per heavy atom. The molecule has 0 bridgehead atoms. The van der Waals surface area contributed by atoms with Crippen LogP contribution >= 0.6 is 12.4 Å². The van der Waals surface area contributed by atoms with Gasteiger partial charge < -0.3 is 10.3 Å². The predicted molar refractivity (Wildman–Crippen MR) is 82.0 cm³/mol. The van der Waals surface area contributed by atoms with Crippen LogP contribution < -0.4 is 5.32 Å². The van der Waals surface area contributed by atoms with E-state index in [1.807, 2.05) is 12.3 Å². The molecular formula is C15H15ClN4. The Bertz CT molecular complexity index is 750. The minimum Gasteiger partial charge on any atom is -0.346 e. The van der Waals surface area contributed by atoms with Gasteiger partial charge in [0.2, 0.25) is 0 Å². The van der Waals surface area contributed by atoms with Gasteiger partial charge in [-0.05, 0) is 36.2 Å². The first-order chi connectivity index (χ1) is 9.42. The summed E-state index contributed by atoms with van der Waals surface area (Å²) >= 11 is 0. The standard InChI is InChI=1S/C15H14N4.ClH/c1-2-12-8-16-5-3-10(12)7-11(1)14-13-4-6-17-15(13)19-9-18-14;/h1-2,4,6-7,9,16H,3,5,8H2,(H,17,18,19);1H. The van der Waals surface area contributed by atoms with Crippen LogP contribution in [0.3, 0.4) is 0 Å². The van der Waals surface area contributed by atoms with Crippen LogP contribution in [-0.4, -0.2) is 21.5 Å². The Hall–Kier alpha value is -1.91. The van der Waals surface area contributed by atoms with Gasteiger partial charge in [0.15, 0.2) is 0 Å². The zero-order valence-electron chi connectivity index (χ0n) is 10.9. The lowest BCUT2D eigenvalue weighted by atomic mass is 9.96. The number of fused-ring (bicyclic) bond motifs is 2. The van der Waals surface area contributed by atoms with Crippen molar-refractivity contribution in [2.45, 2.75) is 13.0 Å². The number of aromatic nitrogens is 3. The summed E-state index contributed by atoms with van der Waals surface area (Å²) in [5, 5.41) is 4.48. The van der Waals surface area contributed by atoms with Crippen molar-refractivity contribution in [1.82, 2.24) is 20.3 Å². The third-order valence-electron chi connectivity index (χ3n) is 3.72. The van der Waals surface area contributed by atoms with Gasteiger partial charge in [-0.25, -0.2) is 9.97 Å². The van der Waals surface area contributed by atoms with Crippen molar-refractivity contribution in [3.63, 3.8) is 0 Å². The van der Waals surface area contributed by atoms with E-state index in [-0.39, 0.29) is 12.4 Å². The molecule has 0 spiro atoms. The second-order valence-corrected chi connectivity index (χ2v) is 4.87. The van der Waals surface area contributed by atoms with Crippen LogP contribution in [-0.2, 0) is 13.0 Å². The first-order valence-corrected chi connectivity index (χ1v) is 6.53. The Morgan fingerprint density at radius 2 is 2.00 bits per heavy atom. The van der Waals surface area contributed by atoms with Crippen LogP contribution in [0.2, 0.25) is 0 Å². The molecule has 0 atom stereocenters. The zero-order chi connectivity index (χ0) is 12.7. The smallest absolute Gasteiger partial charge is 0.141 e. The number of H-pyrrole nitrogens is 1. The molecule has 2 N–H and O–H groups in total. The van der Waals surface area contributed by atoms with Gasteiger partial charge in [-0.2, -0.15) is 0 Å². The van der Waals surface area contributed by atoms with Crippen LogP contribution in [0.15, 0.2) is 36.8 Å². The fourth-order valence-corrected chi connectivity index (χ4v) is 2.73. The molecule has 1 aliphatic heterocycles. The highest BCUT2D eigenvalue weighted by atomic mass is 35.5. The lowest BCUT2D eigenvalue weighted by Gasteiger charge is -2.17. The van der Waals surface area contributed by atoms with E-state index in [0.29, 0.717) is 0 Å². The average molecular weight is 287 g/mol. The van der Waals surface area contributed by atoms with E-state index in [4.69, 9.17) is 0 Å². The van der Waals surface area contributed by atoms with E-state index in [2.05, 4.69) is 38.5 Å². The van der Waals surface area contributed by atoms with Crippen LogP contribution in [0.4, 0.5) is 0 Å². The molecule has 0 saturated heterocycles. The van der Waals surface area contributed by atoms with Crippen molar-refractivity contribution in [2.75, 3.05) is 6.54 Å². The van der Waals surface area contributed by atoms with E-state index >= 15 is 0 Å². The number of halogens is 1. The van der Waals surface area contributed by atoms with Gasteiger partial charge in [-0.3, -0.25) is 0 Å². The van der Waals surface area contributed by atoms with Crippen molar-refractivity contribution in [2.24, 2.45) is 0 Å².